The van der Waals surface area contributed by atoms with Crippen LogP contribution in [0.5, 0.6) is 0 Å². The number of nitrogens with one attached hydrogen (secondary N) is 1. The second-order valence-electron chi connectivity index (χ2n) is 3.97. The monoisotopic (exact) mass is 196 g/mol. The molecule has 0 saturated heterocycles. The first kappa shape index (κ1) is 9.45. The van der Waals surface area contributed by atoms with E-state index in [1.165, 1.54) is 6.42 Å². The zero-order chi connectivity index (χ0) is 9.97. The van der Waals surface area contributed by atoms with Crippen molar-refractivity contribution in [3.05, 3.63) is 5.82 Å². The van der Waals surface area contributed by atoms with Gasteiger partial charge in [0.25, 0.3) is 0 Å². The molecule has 3 N–H and O–H groups in total. The first-order valence-electron chi connectivity index (χ1n) is 5.04. The molecule has 1 saturated carbocycles. The highest BCUT2D eigenvalue weighted by atomic mass is 16.5. The smallest absolute Gasteiger partial charge is 0.321 e. The van der Waals surface area contributed by atoms with Gasteiger partial charge in [-0.2, -0.15) is 4.98 Å². The molecule has 0 bridgehead atoms. The van der Waals surface area contributed by atoms with Gasteiger partial charge < -0.3 is 15.6 Å². The maximum Gasteiger partial charge on any atom is 0.321 e. The van der Waals surface area contributed by atoms with Crippen molar-refractivity contribution in [2.75, 3.05) is 11.9 Å². The lowest BCUT2D eigenvalue weighted by atomic mass is 10.1. The van der Waals surface area contributed by atoms with Gasteiger partial charge in [-0.25, -0.2) is 0 Å². The second kappa shape index (κ2) is 3.96. The number of aryl methyl sites for hydroxylation is 1. The van der Waals surface area contributed by atoms with Crippen molar-refractivity contribution >= 4 is 6.01 Å². The number of hydrogen-bond donors (Lipinski definition) is 2. The van der Waals surface area contributed by atoms with Crippen molar-refractivity contribution in [2.24, 2.45) is 11.7 Å². The molecule has 2 atom stereocenters. The summed E-state index contributed by atoms with van der Waals surface area (Å²) in [6.45, 7) is 2.69. The topological polar surface area (TPSA) is 77.0 Å². The van der Waals surface area contributed by atoms with Crippen LogP contribution in [0.1, 0.15) is 25.1 Å². The summed E-state index contributed by atoms with van der Waals surface area (Å²) in [5, 5.41) is 6.84. The molecule has 0 spiro atoms. The molecule has 1 aromatic heterocycles. The van der Waals surface area contributed by atoms with E-state index in [1.807, 2.05) is 0 Å². The first-order chi connectivity index (χ1) is 6.74. The third-order valence-electron chi connectivity index (χ3n) is 2.65. The standard InChI is InChI=1S/C9H16N4O/c1-6-12-9(14-13-6)11-5-7-2-3-8(10)4-7/h7-8H,2-5,10H2,1H3,(H,11,12,13). The molecule has 0 amide bonds. The molecule has 1 aromatic rings. The maximum absolute atomic E-state index is 5.82. The van der Waals surface area contributed by atoms with Gasteiger partial charge in [0.15, 0.2) is 5.82 Å². The molecule has 1 aliphatic carbocycles. The van der Waals surface area contributed by atoms with Gasteiger partial charge >= 0.3 is 6.01 Å². The summed E-state index contributed by atoms with van der Waals surface area (Å²) in [6.07, 6.45) is 3.43. The molecule has 5 nitrogen and oxygen atoms in total. The van der Waals surface area contributed by atoms with E-state index < -0.39 is 0 Å². The van der Waals surface area contributed by atoms with E-state index in [2.05, 4.69) is 15.5 Å². The van der Waals surface area contributed by atoms with Crippen LogP contribution in [-0.2, 0) is 0 Å². The van der Waals surface area contributed by atoms with Gasteiger partial charge in [-0.3, -0.25) is 0 Å². The van der Waals surface area contributed by atoms with Crippen LogP contribution in [0.15, 0.2) is 4.52 Å². The molecule has 78 valence electrons. The average Bonchev–Trinajstić information content (AvgIpc) is 2.72. The zero-order valence-corrected chi connectivity index (χ0v) is 8.36. The van der Waals surface area contributed by atoms with E-state index in [-0.39, 0.29) is 0 Å². The van der Waals surface area contributed by atoms with E-state index >= 15 is 0 Å². The molecule has 2 unspecified atom stereocenters. The predicted molar refractivity (Wildman–Crippen MR) is 52.8 cm³/mol. The van der Waals surface area contributed by atoms with Crippen LogP contribution < -0.4 is 11.1 Å². The highest BCUT2D eigenvalue weighted by Crippen LogP contribution is 2.24. The Morgan fingerprint density at radius 1 is 1.57 bits per heavy atom. The number of anilines is 1. The number of rotatable bonds is 3. The first-order valence-corrected chi connectivity index (χ1v) is 5.04. The molecule has 0 radical (unpaired) electrons. The summed E-state index contributed by atoms with van der Waals surface area (Å²) in [4.78, 5) is 4.07. The Hall–Kier alpha value is -1.10. The van der Waals surface area contributed by atoms with Crippen LogP contribution in [0, 0.1) is 12.8 Å². The van der Waals surface area contributed by atoms with E-state index in [0.29, 0.717) is 23.8 Å². The zero-order valence-electron chi connectivity index (χ0n) is 8.36. The Morgan fingerprint density at radius 2 is 2.43 bits per heavy atom. The maximum atomic E-state index is 5.82. The highest BCUT2D eigenvalue weighted by Gasteiger charge is 2.21. The fourth-order valence-electron chi connectivity index (χ4n) is 1.90. The summed E-state index contributed by atoms with van der Waals surface area (Å²) in [5.41, 5.74) is 5.82. The molecule has 2 rings (SSSR count). The Bertz CT molecular complexity index is 299. The van der Waals surface area contributed by atoms with Crippen LogP contribution >= 0.6 is 0 Å². The van der Waals surface area contributed by atoms with Gasteiger partial charge in [0.1, 0.15) is 0 Å². The minimum absolute atomic E-state index is 0.381. The number of nitrogens with zero attached hydrogens (tertiary/aromatic N) is 2. The fraction of sp³-hybridized carbons (Fsp3) is 0.778. The third kappa shape index (κ3) is 2.23. The third-order valence-corrected chi connectivity index (χ3v) is 2.65. The lowest BCUT2D eigenvalue weighted by Crippen LogP contribution is -2.17. The van der Waals surface area contributed by atoms with Crippen LogP contribution in [0.2, 0.25) is 0 Å². The highest BCUT2D eigenvalue weighted by molar-refractivity contribution is 5.17. The number of nitrogens with two attached hydrogens (primary N) is 1. The minimum atomic E-state index is 0.381. The Labute approximate surface area is 83.1 Å². The molecule has 14 heavy (non-hydrogen) atoms. The van der Waals surface area contributed by atoms with Crippen molar-refractivity contribution < 1.29 is 4.52 Å². The number of hydrogen-bond acceptors (Lipinski definition) is 5. The van der Waals surface area contributed by atoms with E-state index in [9.17, 15) is 0 Å². The van der Waals surface area contributed by atoms with E-state index in [1.54, 1.807) is 6.92 Å². The lowest BCUT2D eigenvalue weighted by molar-refractivity contribution is 0.421. The van der Waals surface area contributed by atoms with Crippen molar-refractivity contribution in [2.45, 2.75) is 32.2 Å². The SMILES string of the molecule is Cc1noc(NCC2CCC(N)C2)n1. The summed E-state index contributed by atoms with van der Waals surface area (Å²) >= 11 is 0. The van der Waals surface area contributed by atoms with Crippen molar-refractivity contribution in [1.29, 1.82) is 0 Å². The molecule has 1 aliphatic rings. The van der Waals surface area contributed by atoms with Crippen molar-refractivity contribution in [3.63, 3.8) is 0 Å². The van der Waals surface area contributed by atoms with Crippen LogP contribution in [-0.4, -0.2) is 22.7 Å². The van der Waals surface area contributed by atoms with Gasteiger partial charge in [0, 0.05) is 12.6 Å². The molecule has 0 aromatic carbocycles. The van der Waals surface area contributed by atoms with Gasteiger partial charge in [-0.05, 0) is 32.1 Å². The van der Waals surface area contributed by atoms with Gasteiger partial charge in [0.2, 0.25) is 0 Å². The number of aromatic nitrogens is 2. The second-order valence-corrected chi connectivity index (χ2v) is 3.97. The quantitative estimate of drug-likeness (QED) is 0.751. The van der Waals surface area contributed by atoms with E-state index in [4.69, 9.17) is 10.3 Å². The van der Waals surface area contributed by atoms with E-state index in [0.717, 1.165) is 19.4 Å². The molecule has 1 fully saturated rings. The van der Waals surface area contributed by atoms with Gasteiger partial charge in [0.05, 0.1) is 0 Å². The summed E-state index contributed by atoms with van der Waals surface area (Å²) in [6, 6.07) is 0.897. The minimum Gasteiger partial charge on any atom is -0.337 e. The molecule has 0 aliphatic heterocycles. The van der Waals surface area contributed by atoms with Gasteiger partial charge in [-0.15, -0.1) is 0 Å². The van der Waals surface area contributed by atoms with Gasteiger partial charge in [-0.1, -0.05) is 5.16 Å². The largest absolute Gasteiger partial charge is 0.337 e. The molecule has 5 heteroatoms. The fourth-order valence-corrected chi connectivity index (χ4v) is 1.90. The Morgan fingerprint density at radius 3 is 3.00 bits per heavy atom. The van der Waals surface area contributed by atoms with Crippen LogP contribution in [0.25, 0.3) is 0 Å². The molecular formula is C9H16N4O. The van der Waals surface area contributed by atoms with Crippen molar-refractivity contribution in [3.8, 4) is 0 Å². The van der Waals surface area contributed by atoms with Crippen LogP contribution in [0.4, 0.5) is 6.01 Å². The van der Waals surface area contributed by atoms with Crippen LogP contribution in [0.3, 0.4) is 0 Å². The normalized spacial score (nSPS) is 26.7. The molecular weight excluding hydrogens is 180 g/mol. The molecule has 1 heterocycles. The predicted octanol–water partition coefficient (Wildman–Crippen LogP) is 0.917. The summed E-state index contributed by atoms with van der Waals surface area (Å²) < 4.78 is 4.95. The average molecular weight is 196 g/mol. The Balaban J connectivity index is 1.77. The summed E-state index contributed by atoms with van der Waals surface area (Å²) in [5.74, 6) is 1.31. The Kier molecular flexibility index (Phi) is 2.67. The lowest BCUT2D eigenvalue weighted by Gasteiger charge is -2.08. The van der Waals surface area contributed by atoms with Crippen molar-refractivity contribution in [1.82, 2.24) is 10.1 Å². The summed E-state index contributed by atoms with van der Waals surface area (Å²) in [7, 11) is 0.